The molecule has 29 heavy (non-hydrogen) atoms. The first-order chi connectivity index (χ1) is 13.8. The summed E-state index contributed by atoms with van der Waals surface area (Å²) in [6.45, 7) is 6.29. The summed E-state index contributed by atoms with van der Waals surface area (Å²) < 4.78 is 8.64. The molecule has 0 aliphatic heterocycles. The topological polar surface area (TPSA) is 69.0 Å². The van der Waals surface area contributed by atoms with Crippen molar-refractivity contribution in [1.29, 1.82) is 0 Å². The second kappa shape index (κ2) is 9.45. The Labute approximate surface area is 183 Å². The van der Waals surface area contributed by atoms with Crippen molar-refractivity contribution in [2.75, 3.05) is 11.1 Å². The third-order valence-electron chi connectivity index (χ3n) is 4.38. The lowest BCUT2D eigenvalue weighted by molar-refractivity contribution is -0.113. The number of nitrogens with one attached hydrogen (secondary N) is 1. The van der Waals surface area contributed by atoms with Crippen LogP contribution in [0.4, 0.5) is 5.69 Å². The lowest BCUT2D eigenvalue weighted by atomic mass is 10.1. The summed E-state index contributed by atoms with van der Waals surface area (Å²) in [5.74, 6) is 1.67. The van der Waals surface area contributed by atoms with Crippen LogP contribution in [-0.4, -0.2) is 26.4 Å². The maximum absolute atomic E-state index is 12.4. The van der Waals surface area contributed by atoms with Gasteiger partial charge in [-0.1, -0.05) is 39.8 Å². The molecule has 2 aromatic carbocycles. The van der Waals surface area contributed by atoms with Crippen molar-refractivity contribution in [1.82, 2.24) is 14.8 Å². The number of carbonyl (C=O) groups is 1. The largest absolute Gasteiger partial charge is 0.486 e. The number of carbonyl (C=O) groups excluding carboxylic acids is 1. The van der Waals surface area contributed by atoms with Crippen LogP contribution in [0.1, 0.15) is 22.5 Å². The lowest BCUT2D eigenvalue weighted by Crippen LogP contribution is -2.16. The molecule has 0 aliphatic carbocycles. The summed E-state index contributed by atoms with van der Waals surface area (Å²) in [7, 11) is 1.87. The van der Waals surface area contributed by atoms with Crippen LogP contribution in [0.3, 0.4) is 0 Å². The number of amides is 1. The highest BCUT2D eigenvalue weighted by atomic mass is 79.9. The fraction of sp³-hybridized carbons (Fsp3) is 0.286. The summed E-state index contributed by atoms with van der Waals surface area (Å²) in [6.07, 6.45) is 0. The Hall–Kier alpha value is -2.32. The van der Waals surface area contributed by atoms with Gasteiger partial charge in [-0.15, -0.1) is 10.2 Å². The van der Waals surface area contributed by atoms with Gasteiger partial charge in [-0.2, -0.15) is 0 Å². The van der Waals surface area contributed by atoms with Gasteiger partial charge in [0, 0.05) is 17.2 Å². The van der Waals surface area contributed by atoms with Gasteiger partial charge in [0.05, 0.1) is 5.75 Å². The van der Waals surface area contributed by atoms with E-state index in [0.717, 1.165) is 32.6 Å². The van der Waals surface area contributed by atoms with Gasteiger partial charge in [-0.05, 0) is 61.7 Å². The zero-order chi connectivity index (χ0) is 21.0. The Kier molecular flexibility index (Phi) is 6.97. The normalized spacial score (nSPS) is 10.8. The number of hydrogen-bond acceptors (Lipinski definition) is 5. The Morgan fingerprint density at radius 1 is 1.17 bits per heavy atom. The Bertz CT molecular complexity index is 1010. The van der Waals surface area contributed by atoms with E-state index in [1.807, 2.05) is 68.8 Å². The number of aromatic nitrogens is 3. The van der Waals surface area contributed by atoms with Crippen LogP contribution in [0.25, 0.3) is 0 Å². The van der Waals surface area contributed by atoms with Gasteiger partial charge in [-0.25, -0.2) is 0 Å². The van der Waals surface area contributed by atoms with Crippen LogP contribution in [0.15, 0.2) is 46.0 Å². The Morgan fingerprint density at radius 2 is 1.90 bits per heavy atom. The first-order valence-corrected chi connectivity index (χ1v) is 10.9. The van der Waals surface area contributed by atoms with Gasteiger partial charge in [0.25, 0.3) is 0 Å². The van der Waals surface area contributed by atoms with Crippen LogP contribution in [0.5, 0.6) is 5.75 Å². The van der Waals surface area contributed by atoms with Gasteiger partial charge in [-0.3, -0.25) is 4.79 Å². The van der Waals surface area contributed by atoms with E-state index in [4.69, 9.17) is 4.74 Å². The molecule has 3 aromatic rings. The molecule has 0 saturated heterocycles. The minimum Gasteiger partial charge on any atom is -0.486 e. The molecule has 0 saturated carbocycles. The van der Waals surface area contributed by atoms with E-state index < -0.39 is 0 Å². The summed E-state index contributed by atoms with van der Waals surface area (Å²) in [6, 6.07) is 11.8. The zero-order valence-corrected chi connectivity index (χ0v) is 19.2. The molecule has 0 atom stereocenters. The van der Waals surface area contributed by atoms with E-state index in [2.05, 4.69) is 31.4 Å². The lowest BCUT2D eigenvalue weighted by Gasteiger charge is -2.12. The van der Waals surface area contributed by atoms with E-state index in [0.29, 0.717) is 17.6 Å². The van der Waals surface area contributed by atoms with Crippen molar-refractivity contribution < 1.29 is 9.53 Å². The number of aryl methyl sites for hydroxylation is 3. The van der Waals surface area contributed by atoms with Crippen molar-refractivity contribution in [3.63, 3.8) is 0 Å². The molecule has 0 aliphatic rings. The van der Waals surface area contributed by atoms with Crippen LogP contribution >= 0.6 is 27.7 Å². The SMILES string of the molecule is Cc1cccc(OCc2nnc(SCC(=O)Nc3c(C)cc(Br)cc3C)n2C)c1. The molecule has 1 aromatic heterocycles. The molecular formula is C21H23BrN4O2S. The highest BCUT2D eigenvalue weighted by Gasteiger charge is 2.14. The summed E-state index contributed by atoms with van der Waals surface area (Å²) in [5, 5.41) is 12.0. The number of halogens is 1. The van der Waals surface area contributed by atoms with Gasteiger partial charge in [0.15, 0.2) is 11.0 Å². The average molecular weight is 475 g/mol. The second-order valence-electron chi connectivity index (χ2n) is 6.81. The highest BCUT2D eigenvalue weighted by Crippen LogP contribution is 2.26. The van der Waals surface area contributed by atoms with Crippen LogP contribution in [0, 0.1) is 20.8 Å². The second-order valence-corrected chi connectivity index (χ2v) is 8.67. The molecule has 0 fully saturated rings. The summed E-state index contributed by atoms with van der Waals surface area (Å²) in [4.78, 5) is 12.4. The van der Waals surface area contributed by atoms with E-state index in [9.17, 15) is 4.79 Å². The molecule has 0 spiro atoms. The Morgan fingerprint density at radius 3 is 2.59 bits per heavy atom. The monoisotopic (exact) mass is 474 g/mol. The molecule has 1 amide bonds. The van der Waals surface area contributed by atoms with Gasteiger partial charge < -0.3 is 14.6 Å². The molecular weight excluding hydrogens is 452 g/mol. The first kappa shape index (κ1) is 21.4. The van der Waals surface area contributed by atoms with Crippen LogP contribution in [0.2, 0.25) is 0 Å². The number of hydrogen-bond donors (Lipinski definition) is 1. The standard InChI is InChI=1S/C21H23BrN4O2S/c1-13-6-5-7-17(8-13)28-11-18-24-25-21(26(18)4)29-12-19(27)23-20-14(2)9-16(22)10-15(20)3/h5-10H,11-12H2,1-4H3,(H,23,27). The zero-order valence-electron chi connectivity index (χ0n) is 16.8. The van der Waals surface area contributed by atoms with E-state index >= 15 is 0 Å². The van der Waals surface area contributed by atoms with E-state index in [-0.39, 0.29) is 11.7 Å². The van der Waals surface area contributed by atoms with Gasteiger partial charge >= 0.3 is 0 Å². The van der Waals surface area contributed by atoms with E-state index in [1.54, 1.807) is 0 Å². The minimum atomic E-state index is -0.0796. The molecule has 8 heteroatoms. The Balaban J connectivity index is 1.57. The maximum Gasteiger partial charge on any atom is 0.234 e. The van der Waals surface area contributed by atoms with Gasteiger partial charge in [0.1, 0.15) is 12.4 Å². The van der Waals surface area contributed by atoms with Crippen molar-refractivity contribution in [2.45, 2.75) is 32.5 Å². The van der Waals surface area contributed by atoms with Crippen molar-refractivity contribution in [3.8, 4) is 5.75 Å². The fourth-order valence-corrected chi connectivity index (χ4v) is 4.28. The number of anilines is 1. The number of benzene rings is 2. The van der Waals surface area contributed by atoms with Gasteiger partial charge in [0.2, 0.25) is 5.91 Å². The quantitative estimate of drug-likeness (QED) is 0.497. The van der Waals surface area contributed by atoms with Crippen molar-refractivity contribution in [3.05, 3.63) is 63.4 Å². The molecule has 0 unspecified atom stereocenters. The minimum absolute atomic E-state index is 0.0796. The number of ether oxygens (including phenoxy) is 1. The van der Waals surface area contributed by atoms with Crippen molar-refractivity contribution in [2.24, 2.45) is 7.05 Å². The first-order valence-electron chi connectivity index (χ1n) is 9.10. The number of nitrogens with zero attached hydrogens (tertiary/aromatic N) is 3. The van der Waals surface area contributed by atoms with E-state index in [1.165, 1.54) is 11.8 Å². The molecule has 1 N–H and O–H groups in total. The molecule has 3 rings (SSSR count). The smallest absolute Gasteiger partial charge is 0.234 e. The maximum atomic E-state index is 12.4. The summed E-state index contributed by atoms with van der Waals surface area (Å²) in [5.41, 5.74) is 4.02. The highest BCUT2D eigenvalue weighted by molar-refractivity contribution is 9.10. The van der Waals surface area contributed by atoms with Crippen LogP contribution < -0.4 is 10.1 Å². The number of thioether (sulfide) groups is 1. The average Bonchev–Trinajstić information content (AvgIpc) is 3.01. The molecule has 1 heterocycles. The molecule has 0 bridgehead atoms. The third kappa shape index (κ3) is 5.61. The molecule has 6 nitrogen and oxygen atoms in total. The predicted octanol–water partition coefficient (Wildman–Crippen LogP) is 4.81. The predicted molar refractivity (Wildman–Crippen MR) is 119 cm³/mol. The van der Waals surface area contributed by atoms with Crippen LogP contribution in [-0.2, 0) is 18.4 Å². The third-order valence-corrected chi connectivity index (χ3v) is 5.85. The number of rotatable bonds is 7. The molecule has 0 radical (unpaired) electrons. The summed E-state index contributed by atoms with van der Waals surface area (Å²) >= 11 is 4.82. The molecule has 152 valence electrons. The van der Waals surface area contributed by atoms with Crippen molar-refractivity contribution >= 4 is 39.3 Å². The fourth-order valence-electron chi connectivity index (χ4n) is 2.86.